The van der Waals surface area contributed by atoms with E-state index in [0.717, 1.165) is 6.92 Å². The molecule has 0 unspecified atom stereocenters. The average molecular weight is 674 g/mol. The lowest BCUT2D eigenvalue weighted by molar-refractivity contribution is -0.387. The minimum Gasteiger partial charge on any atom is -0.394 e. The third kappa shape index (κ3) is 6.79. The van der Waals surface area contributed by atoms with Gasteiger partial charge >= 0.3 is 0 Å². The van der Waals surface area contributed by atoms with Gasteiger partial charge in [0.05, 0.1) is 25.9 Å². The molecule has 0 radical (unpaired) electrons. The van der Waals surface area contributed by atoms with E-state index in [1.807, 2.05) is 0 Å². The molecule has 11 N–H and O–H groups in total. The molecule has 0 aromatic rings. The summed E-state index contributed by atoms with van der Waals surface area (Å²) in [5, 5.41) is 108. The van der Waals surface area contributed by atoms with Gasteiger partial charge < -0.3 is 94.3 Å². The molecule has 46 heavy (non-hydrogen) atoms. The van der Waals surface area contributed by atoms with E-state index in [1.54, 1.807) is 0 Å². The number of rotatable bonds is 6. The topological polar surface area (TPSA) is 305 Å². The van der Waals surface area contributed by atoms with Crippen LogP contribution in [0.15, 0.2) is 0 Å². The fourth-order valence-electron chi connectivity index (χ4n) is 6.31. The second kappa shape index (κ2) is 14.7. The summed E-state index contributed by atoms with van der Waals surface area (Å²) >= 11 is 0. The first kappa shape index (κ1) is 36.0. The number of aliphatic hydroxyl groups is 10. The lowest BCUT2D eigenvalue weighted by Crippen LogP contribution is -2.69. The van der Waals surface area contributed by atoms with Crippen LogP contribution in [0, 0.1) is 0 Å². The van der Waals surface area contributed by atoms with Gasteiger partial charge in [0, 0.05) is 6.92 Å². The monoisotopic (exact) mass is 673 g/mol. The van der Waals surface area contributed by atoms with Gasteiger partial charge in [-0.25, -0.2) is 0 Å². The summed E-state index contributed by atoms with van der Waals surface area (Å²) in [7, 11) is 0. The zero-order valence-electron chi connectivity index (χ0n) is 24.8. The molecule has 6 bridgehead atoms. The predicted octanol–water partition coefficient (Wildman–Crippen LogP) is -7.53. The minimum absolute atomic E-state index is 0.663. The van der Waals surface area contributed by atoms with E-state index < -0.39 is 148 Å². The summed E-state index contributed by atoms with van der Waals surface area (Å²) in [5.74, 6) is -0.663. The molecule has 6 heterocycles. The maximum atomic E-state index is 12.3. The van der Waals surface area contributed by atoms with Gasteiger partial charge in [-0.2, -0.15) is 0 Å². The van der Waals surface area contributed by atoms with Gasteiger partial charge in [0.1, 0.15) is 91.5 Å². The summed E-state index contributed by atoms with van der Waals surface area (Å²) in [5.41, 5.74) is 0. The molecule has 1 amide bonds. The van der Waals surface area contributed by atoms with Crippen molar-refractivity contribution >= 4 is 5.91 Å². The molecule has 6 aliphatic heterocycles. The van der Waals surface area contributed by atoms with E-state index in [-0.39, 0.29) is 0 Å². The van der Waals surface area contributed by atoms with Crippen LogP contribution in [0.5, 0.6) is 0 Å². The third-order valence-electron chi connectivity index (χ3n) is 8.81. The fourth-order valence-corrected chi connectivity index (χ4v) is 6.31. The van der Waals surface area contributed by atoms with Gasteiger partial charge in [-0.05, 0) is 6.92 Å². The van der Waals surface area contributed by atoms with E-state index in [1.165, 1.54) is 6.92 Å². The molecule has 266 valence electrons. The predicted molar refractivity (Wildman–Crippen MR) is 141 cm³/mol. The van der Waals surface area contributed by atoms with Crippen LogP contribution in [0.2, 0.25) is 0 Å². The highest BCUT2D eigenvalue weighted by molar-refractivity contribution is 5.73. The first-order valence-corrected chi connectivity index (χ1v) is 14.9. The van der Waals surface area contributed by atoms with Crippen LogP contribution >= 0.6 is 0 Å². The number of carbonyl (C=O) groups is 1. The number of carbonyl (C=O) groups excluding carboxylic acids is 1. The van der Waals surface area contributed by atoms with Gasteiger partial charge in [-0.15, -0.1) is 0 Å². The van der Waals surface area contributed by atoms with Crippen molar-refractivity contribution in [2.75, 3.05) is 19.8 Å². The fraction of sp³-hybridized carbons (Fsp3) is 0.962. The number of nitrogens with one attached hydrogen (secondary N) is 1. The van der Waals surface area contributed by atoms with Crippen LogP contribution in [-0.2, 0) is 42.7 Å². The second-order valence-electron chi connectivity index (χ2n) is 11.9. The summed E-state index contributed by atoms with van der Waals surface area (Å²) in [6.07, 6.45) is -30.9. The molecule has 0 aliphatic carbocycles. The van der Waals surface area contributed by atoms with E-state index in [4.69, 9.17) is 37.9 Å². The van der Waals surface area contributed by atoms with Gasteiger partial charge in [0.15, 0.2) is 25.2 Å². The maximum absolute atomic E-state index is 12.3. The maximum Gasteiger partial charge on any atom is 0.217 e. The molecule has 20 nitrogen and oxygen atoms in total. The Morgan fingerprint density at radius 2 is 1.15 bits per heavy atom. The van der Waals surface area contributed by atoms with E-state index >= 15 is 0 Å². The summed E-state index contributed by atoms with van der Waals surface area (Å²) < 4.78 is 46.6. The van der Waals surface area contributed by atoms with Crippen LogP contribution in [0.1, 0.15) is 13.8 Å². The van der Waals surface area contributed by atoms with Gasteiger partial charge in [-0.3, -0.25) is 4.79 Å². The van der Waals surface area contributed by atoms with E-state index in [9.17, 15) is 55.9 Å². The Kier molecular flexibility index (Phi) is 11.5. The van der Waals surface area contributed by atoms with Gasteiger partial charge in [-0.1, -0.05) is 0 Å². The van der Waals surface area contributed by atoms with Crippen LogP contribution in [0.3, 0.4) is 0 Å². The third-order valence-corrected chi connectivity index (χ3v) is 8.81. The van der Waals surface area contributed by atoms with Crippen LogP contribution in [0.25, 0.3) is 0 Å². The second-order valence-corrected chi connectivity index (χ2v) is 11.9. The molecular weight excluding hydrogens is 630 g/mol. The lowest BCUT2D eigenvalue weighted by Gasteiger charge is -2.50. The number of hydrogen-bond acceptors (Lipinski definition) is 19. The van der Waals surface area contributed by atoms with Crippen molar-refractivity contribution in [1.82, 2.24) is 5.32 Å². The normalized spacial score (nSPS) is 53.0. The van der Waals surface area contributed by atoms with Crippen LogP contribution in [-0.4, -0.2) is 200 Å². The van der Waals surface area contributed by atoms with Crippen molar-refractivity contribution in [2.45, 2.75) is 137 Å². The molecular formula is C26H43NO19. The Hall–Kier alpha value is -1.25. The minimum atomic E-state index is -1.91. The Morgan fingerprint density at radius 1 is 0.587 bits per heavy atom. The van der Waals surface area contributed by atoms with Crippen LogP contribution in [0.4, 0.5) is 0 Å². The molecule has 6 fully saturated rings. The zero-order valence-corrected chi connectivity index (χ0v) is 24.8. The first-order chi connectivity index (χ1) is 21.8. The Labute approximate surface area is 261 Å². The molecule has 20 atom stereocenters. The molecule has 0 saturated carbocycles. The van der Waals surface area contributed by atoms with Crippen molar-refractivity contribution in [1.29, 1.82) is 0 Å². The summed E-state index contributed by atoms with van der Waals surface area (Å²) in [6.45, 7) is 0.164. The van der Waals surface area contributed by atoms with E-state index in [2.05, 4.69) is 5.32 Å². The largest absolute Gasteiger partial charge is 0.394 e. The number of aliphatic hydroxyl groups excluding tert-OH is 10. The SMILES string of the molecule is CC(=O)N[C@H]1[C@@H]2O[C@@H]3[C@@H](O)[C@@H](O[C@@H]4[C@@H](O)[C@@H](O)[C@H](O[C@H]1[C@H](O)[C@@H](CO)O2)O[C@H]4C)O[C@H](CO)[C@@H]3O[C@@H]1O[C@H](CO)[C@@H](O)[C@H](O)[C@@H]1O. The van der Waals surface area contributed by atoms with Crippen LogP contribution < -0.4 is 5.32 Å². The Bertz CT molecular complexity index is 1030. The summed E-state index contributed by atoms with van der Waals surface area (Å²) in [6, 6.07) is -1.44. The van der Waals surface area contributed by atoms with Crippen molar-refractivity contribution < 1.29 is 93.8 Å². The molecule has 0 aromatic carbocycles. The highest BCUT2D eigenvalue weighted by Crippen LogP contribution is 2.37. The van der Waals surface area contributed by atoms with Crippen molar-refractivity contribution in [3.05, 3.63) is 0 Å². The van der Waals surface area contributed by atoms with E-state index in [0.29, 0.717) is 0 Å². The quantitative estimate of drug-likeness (QED) is 0.125. The average Bonchev–Trinajstić information content (AvgIpc) is 3.02. The number of amides is 1. The Balaban J connectivity index is 1.57. The molecule has 20 heteroatoms. The highest BCUT2D eigenvalue weighted by Gasteiger charge is 2.58. The van der Waals surface area contributed by atoms with Crippen molar-refractivity contribution in [3.63, 3.8) is 0 Å². The first-order valence-electron chi connectivity index (χ1n) is 14.9. The number of fused-ring (bicyclic) bond motifs is 2. The Morgan fingerprint density at radius 3 is 1.78 bits per heavy atom. The molecule has 0 aromatic heterocycles. The number of ether oxygens (including phenoxy) is 8. The smallest absolute Gasteiger partial charge is 0.217 e. The standard InChI is InChI=1S/C26H43NO19/c1-6-19-15(35)17(37)24(39-6)45-21-11(27-7(2)31)23(40-9(4-29)13(21)33)46-22-18(38)26(43-19)42-10(5-30)20(22)44-25-16(36)14(34)12(32)8(3-28)41-25/h6,8-26,28-30,32-38H,3-5H2,1-2H3,(H,27,31)/t6-,8+,9+,10+,11+,12+,13+,14-,15-,16-,17+,18+,19-,20-,21+,22+,23-,24-,25-,26+/m0/s1. The van der Waals surface area contributed by atoms with Crippen molar-refractivity contribution in [3.8, 4) is 0 Å². The van der Waals surface area contributed by atoms with Crippen molar-refractivity contribution in [2.24, 2.45) is 0 Å². The number of hydrogen-bond donors (Lipinski definition) is 11. The molecule has 0 spiro atoms. The lowest BCUT2D eigenvalue weighted by atomic mass is 9.94. The zero-order chi connectivity index (χ0) is 33.6. The molecule has 6 aliphatic rings. The van der Waals surface area contributed by atoms with Gasteiger partial charge in [0.2, 0.25) is 5.91 Å². The molecule has 6 rings (SSSR count). The molecule has 6 saturated heterocycles. The highest BCUT2D eigenvalue weighted by atomic mass is 16.8. The van der Waals surface area contributed by atoms with Gasteiger partial charge in [0.25, 0.3) is 0 Å². The summed E-state index contributed by atoms with van der Waals surface area (Å²) in [4.78, 5) is 12.3.